The molecule has 2 amide bonds. The molecule has 1 heterocycles. The summed E-state index contributed by atoms with van der Waals surface area (Å²) in [7, 11) is 0. The Bertz CT molecular complexity index is 929. The molecule has 134 valence electrons. The molecular weight excluding hydrogens is 390 g/mol. The summed E-state index contributed by atoms with van der Waals surface area (Å²) in [4.78, 5) is 12.1. The number of anilines is 1. The molecule has 0 saturated carbocycles. The van der Waals surface area contributed by atoms with E-state index in [0.29, 0.717) is 6.54 Å². The van der Waals surface area contributed by atoms with Gasteiger partial charge in [0.05, 0.1) is 0 Å². The molecule has 0 aliphatic carbocycles. The molecule has 3 aromatic rings. The maximum atomic E-state index is 12.1. The molecule has 0 aliphatic rings. The van der Waals surface area contributed by atoms with Gasteiger partial charge in [-0.1, -0.05) is 28.1 Å². The minimum Gasteiger partial charge on any atom is -0.334 e. The summed E-state index contributed by atoms with van der Waals surface area (Å²) in [5.74, 6) is 0. The van der Waals surface area contributed by atoms with Gasteiger partial charge in [-0.2, -0.15) is 0 Å². The Hall–Kier alpha value is -2.53. The zero-order valence-electron chi connectivity index (χ0n) is 15.1. The Morgan fingerprint density at radius 3 is 2.46 bits per heavy atom. The number of rotatable bonds is 4. The van der Waals surface area contributed by atoms with Crippen LogP contribution in [-0.2, 0) is 6.54 Å². The second-order valence-electron chi connectivity index (χ2n) is 6.39. The molecule has 5 heteroatoms. The number of nitrogens with zero attached hydrogens (tertiary/aromatic N) is 1. The SMILES string of the molecule is Cc1cccc(-n2c(C)cc(CNC(=O)Nc3ccc(Br)cc3)c2C)c1. The van der Waals surface area contributed by atoms with Crippen LogP contribution in [-0.4, -0.2) is 10.6 Å². The number of carbonyl (C=O) groups excluding carboxylic acids is 1. The summed E-state index contributed by atoms with van der Waals surface area (Å²) in [6.07, 6.45) is 0. The van der Waals surface area contributed by atoms with Crippen molar-refractivity contribution in [2.75, 3.05) is 5.32 Å². The third kappa shape index (κ3) is 4.17. The molecule has 0 spiro atoms. The molecule has 0 aliphatic heterocycles. The van der Waals surface area contributed by atoms with Gasteiger partial charge in [-0.05, 0) is 74.4 Å². The van der Waals surface area contributed by atoms with E-state index in [0.717, 1.165) is 32.8 Å². The molecule has 0 radical (unpaired) electrons. The number of hydrogen-bond donors (Lipinski definition) is 2. The van der Waals surface area contributed by atoms with Crippen molar-refractivity contribution in [3.05, 3.63) is 81.6 Å². The molecule has 2 aromatic carbocycles. The average molecular weight is 412 g/mol. The van der Waals surface area contributed by atoms with E-state index in [1.807, 2.05) is 24.3 Å². The van der Waals surface area contributed by atoms with Crippen LogP contribution in [0.1, 0.15) is 22.5 Å². The van der Waals surface area contributed by atoms with E-state index in [1.54, 1.807) is 0 Å². The highest BCUT2D eigenvalue weighted by molar-refractivity contribution is 9.10. The second-order valence-corrected chi connectivity index (χ2v) is 7.30. The molecule has 0 saturated heterocycles. The van der Waals surface area contributed by atoms with Crippen LogP contribution in [0.2, 0.25) is 0 Å². The van der Waals surface area contributed by atoms with Gasteiger partial charge in [0.2, 0.25) is 0 Å². The third-order valence-electron chi connectivity index (χ3n) is 4.34. The van der Waals surface area contributed by atoms with Gasteiger partial charge in [0, 0.05) is 33.8 Å². The number of urea groups is 1. The Labute approximate surface area is 162 Å². The number of benzene rings is 2. The van der Waals surface area contributed by atoms with Gasteiger partial charge in [0.25, 0.3) is 0 Å². The fourth-order valence-corrected chi connectivity index (χ4v) is 3.32. The number of amides is 2. The van der Waals surface area contributed by atoms with Crippen LogP contribution in [0.3, 0.4) is 0 Å². The van der Waals surface area contributed by atoms with E-state index in [2.05, 4.69) is 82.2 Å². The average Bonchev–Trinajstić information content (AvgIpc) is 2.89. The summed E-state index contributed by atoms with van der Waals surface area (Å²) < 4.78 is 3.20. The molecule has 1 aromatic heterocycles. The Morgan fingerprint density at radius 1 is 1.04 bits per heavy atom. The highest BCUT2D eigenvalue weighted by Crippen LogP contribution is 2.21. The fourth-order valence-electron chi connectivity index (χ4n) is 3.06. The first-order chi connectivity index (χ1) is 12.4. The number of hydrogen-bond acceptors (Lipinski definition) is 1. The van der Waals surface area contributed by atoms with E-state index in [1.165, 1.54) is 5.56 Å². The first-order valence-corrected chi connectivity index (χ1v) is 9.28. The van der Waals surface area contributed by atoms with Crippen molar-refractivity contribution in [2.24, 2.45) is 0 Å². The van der Waals surface area contributed by atoms with Crippen LogP contribution in [0.4, 0.5) is 10.5 Å². The smallest absolute Gasteiger partial charge is 0.319 e. The molecule has 4 nitrogen and oxygen atoms in total. The Morgan fingerprint density at radius 2 is 1.77 bits per heavy atom. The van der Waals surface area contributed by atoms with E-state index in [-0.39, 0.29) is 6.03 Å². The number of halogens is 1. The Kier molecular flexibility index (Phi) is 5.47. The minimum absolute atomic E-state index is 0.215. The lowest BCUT2D eigenvalue weighted by molar-refractivity contribution is 0.251. The predicted octanol–water partition coefficient (Wildman–Crippen LogP) is 5.49. The molecule has 3 rings (SSSR count). The number of aromatic nitrogens is 1. The van der Waals surface area contributed by atoms with Crippen molar-refractivity contribution in [1.29, 1.82) is 0 Å². The summed E-state index contributed by atoms with van der Waals surface area (Å²) in [5, 5.41) is 5.77. The van der Waals surface area contributed by atoms with E-state index >= 15 is 0 Å². The number of nitrogens with one attached hydrogen (secondary N) is 2. The highest BCUT2D eigenvalue weighted by Gasteiger charge is 2.12. The minimum atomic E-state index is -0.215. The summed E-state index contributed by atoms with van der Waals surface area (Å²) in [6, 6.07) is 17.8. The highest BCUT2D eigenvalue weighted by atomic mass is 79.9. The van der Waals surface area contributed by atoms with Crippen molar-refractivity contribution in [2.45, 2.75) is 27.3 Å². The Balaban J connectivity index is 1.70. The predicted molar refractivity (Wildman–Crippen MR) is 110 cm³/mol. The van der Waals surface area contributed by atoms with Crippen molar-refractivity contribution >= 4 is 27.6 Å². The van der Waals surface area contributed by atoms with Gasteiger partial charge in [-0.3, -0.25) is 0 Å². The normalized spacial score (nSPS) is 10.6. The quantitative estimate of drug-likeness (QED) is 0.585. The van der Waals surface area contributed by atoms with Crippen molar-refractivity contribution < 1.29 is 4.79 Å². The van der Waals surface area contributed by atoms with Gasteiger partial charge in [0.15, 0.2) is 0 Å². The first-order valence-electron chi connectivity index (χ1n) is 8.49. The number of aryl methyl sites for hydroxylation is 2. The fraction of sp³-hybridized carbons (Fsp3) is 0.190. The van der Waals surface area contributed by atoms with Gasteiger partial charge >= 0.3 is 6.03 Å². The molecule has 0 unspecified atom stereocenters. The molecule has 0 fully saturated rings. The second kappa shape index (κ2) is 7.79. The lowest BCUT2D eigenvalue weighted by Gasteiger charge is -2.11. The van der Waals surface area contributed by atoms with Crippen molar-refractivity contribution in [1.82, 2.24) is 9.88 Å². The lowest BCUT2D eigenvalue weighted by atomic mass is 10.2. The molecular formula is C21H22BrN3O. The maximum Gasteiger partial charge on any atom is 0.319 e. The molecule has 0 atom stereocenters. The zero-order chi connectivity index (χ0) is 18.7. The van der Waals surface area contributed by atoms with Crippen LogP contribution in [0.5, 0.6) is 0 Å². The van der Waals surface area contributed by atoms with Crippen molar-refractivity contribution in [3.8, 4) is 5.69 Å². The monoisotopic (exact) mass is 411 g/mol. The van der Waals surface area contributed by atoms with Crippen LogP contribution in [0, 0.1) is 20.8 Å². The van der Waals surface area contributed by atoms with Crippen molar-refractivity contribution in [3.63, 3.8) is 0 Å². The third-order valence-corrected chi connectivity index (χ3v) is 4.87. The maximum absolute atomic E-state index is 12.1. The van der Waals surface area contributed by atoms with Gasteiger partial charge in [0.1, 0.15) is 0 Å². The lowest BCUT2D eigenvalue weighted by Crippen LogP contribution is -2.28. The van der Waals surface area contributed by atoms with E-state index < -0.39 is 0 Å². The summed E-state index contributed by atoms with van der Waals surface area (Å²) >= 11 is 3.38. The summed E-state index contributed by atoms with van der Waals surface area (Å²) in [6.45, 7) is 6.74. The van der Waals surface area contributed by atoms with Crippen LogP contribution in [0.25, 0.3) is 5.69 Å². The molecule has 26 heavy (non-hydrogen) atoms. The number of carbonyl (C=O) groups is 1. The van der Waals surface area contributed by atoms with E-state index in [9.17, 15) is 4.79 Å². The zero-order valence-corrected chi connectivity index (χ0v) is 16.7. The van der Waals surface area contributed by atoms with Crippen LogP contribution >= 0.6 is 15.9 Å². The largest absolute Gasteiger partial charge is 0.334 e. The molecule has 0 bridgehead atoms. The standard InChI is InChI=1S/C21H22BrN3O/c1-14-5-4-6-20(11-14)25-15(2)12-17(16(25)3)13-23-21(26)24-19-9-7-18(22)8-10-19/h4-12H,13H2,1-3H3,(H2,23,24,26). The summed E-state index contributed by atoms with van der Waals surface area (Å²) in [5.41, 5.74) is 6.52. The van der Waals surface area contributed by atoms with E-state index in [4.69, 9.17) is 0 Å². The first kappa shape index (κ1) is 18.3. The van der Waals surface area contributed by atoms with Gasteiger partial charge in [-0.15, -0.1) is 0 Å². The molecule has 2 N–H and O–H groups in total. The van der Waals surface area contributed by atoms with Crippen LogP contribution < -0.4 is 10.6 Å². The van der Waals surface area contributed by atoms with Gasteiger partial charge in [-0.25, -0.2) is 4.79 Å². The van der Waals surface area contributed by atoms with Gasteiger partial charge < -0.3 is 15.2 Å². The topological polar surface area (TPSA) is 46.1 Å². The van der Waals surface area contributed by atoms with Crippen LogP contribution in [0.15, 0.2) is 59.1 Å².